The van der Waals surface area contributed by atoms with Gasteiger partial charge in [-0.25, -0.2) is 0 Å². The molecular weight excluding hydrogens is 783 g/mol. The summed E-state index contributed by atoms with van der Waals surface area (Å²) >= 11 is 0. The number of unbranched alkanes of at least 4 members (excludes halogenated alkanes) is 37. The Labute approximate surface area is 402 Å². The maximum atomic E-state index is 7.01. The van der Waals surface area contributed by atoms with Crippen molar-refractivity contribution in [2.45, 2.75) is 311 Å². The Balaban J connectivity index is 3.20. The highest BCUT2D eigenvalue weighted by atomic mass is 16.5. The summed E-state index contributed by atoms with van der Waals surface area (Å²) in [7, 11) is 2.55. The van der Waals surface area contributed by atoms with Crippen molar-refractivity contribution in [3.8, 4) is 17.2 Å². The first kappa shape index (κ1) is 60.6. The molecule has 1 aromatic rings. The van der Waals surface area contributed by atoms with Crippen molar-refractivity contribution in [3.63, 3.8) is 0 Å². The highest BCUT2D eigenvalue weighted by molar-refractivity contribution is 5.55. The van der Waals surface area contributed by atoms with E-state index in [9.17, 15) is 0 Å². The van der Waals surface area contributed by atoms with E-state index in [0.29, 0.717) is 0 Å². The highest BCUT2D eigenvalue weighted by Gasteiger charge is 2.27. The smallest absolute Gasteiger partial charge is 0.204 e. The number of quaternary nitrogens is 1. The van der Waals surface area contributed by atoms with E-state index in [2.05, 4.69) is 53.8 Å². The molecule has 0 aliphatic carbocycles. The van der Waals surface area contributed by atoms with E-state index >= 15 is 0 Å². The molecule has 1 aromatic carbocycles. The molecule has 0 aliphatic rings. The molecule has 0 heterocycles. The molecular formula is C60H116NO3+. The van der Waals surface area contributed by atoms with E-state index in [0.717, 1.165) is 67.4 Å². The van der Waals surface area contributed by atoms with Crippen molar-refractivity contribution in [3.05, 3.63) is 17.7 Å². The van der Waals surface area contributed by atoms with Gasteiger partial charge in [0.05, 0.1) is 45.5 Å². The van der Waals surface area contributed by atoms with E-state index in [1.165, 1.54) is 269 Å². The first-order valence-electron chi connectivity index (χ1n) is 29.4. The molecule has 378 valence electrons. The van der Waals surface area contributed by atoms with Gasteiger partial charge >= 0.3 is 0 Å². The van der Waals surface area contributed by atoms with Crippen LogP contribution in [0.5, 0.6) is 17.2 Å². The molecule has 0 N–H and O–H groups in total. The van der Waals surface area contributed by atoms with Gasteiger partial charge in [-0.1, -0.05) is 259 Å². The van der Waals surface area contributed by atoms with E-state index < -0.39 is 0 Å². The summed E-state index contributed by atoms with van der Waals surface area (Å²) in [5, 5.41) is 0. The summed E-state index contributed by atoms with van der Waals surface area (Å²) in [4.78, 5) is 0. The fourth-order valence-electron chi connectivity index (χ4n) is 9.65. The Hall–Kier alpha value is -1.42. The van der Waals surface area contributed by atoms with Crippen LogP contribution in [0, 0.1) is 0 Å². The maximum absolute atomic E-state index is 7.01. The minimum absolute atomic E-state index is 0.741. The van der Waals surface area contributed by atoms with Gasteiger partial charge in [0.1, 0.15) is 6.54 Å². The predicted octanol–water partition coefficient (Wildman–Crippen LogP) is 20.3. The monoisotopic (exact) mass is 899 g/mol. The molecule has 0 spiro atoms. The van der Waals surface area contributed by atoms with Gasteiger partial charge in [0.25, 0.3) is 0 Å². The second-order valence-electron chi connectivity index (χ2n) is 20.7. The van der Waals surface area contributed by atoms with Crippen LogP contribution in [0.2, 0.25) is 0 Å². The van der Waals surface area contributed by atoms with Gasteiger partial charge in [0.2, 0.25) is 5.75 Å². The summed E-state index contributed by atoms with van der Waals surface area (Å²) < 4.78 is 21.7. The van der Waals surface area contributed by atoms with Gasteiger partial charge in [-0.3, -0.25) is 0 Å². The van der Waals surface area contributed by atoms with Crippen LogP contribution >= 0.6 is 0 Å². The van der Waals surface area contributed by atoms with Crippen molar-refractivity contribution in [1.82, 2.24) is 0 Å². The fourth-order valence-corrected chi connectivity index (χ4v) is 9.65. The summed E-state index contributed by atoms with van der Waals surface area (Å²) in [6.07, 6.45) is 56.3. The summed E-state index contributed by atoms with van der Waals surface area (Å²) in [6.45, 7) is 17.3. The largest absolute Gasteiger partial charge is 0.490 e. The van der Waals surface area contributed by atoms with Gasteiger partial charge in [-0.05, 0) is 57.1 Å². The Morgan fingerprint density at radius 2 is 0.562 bits per heavy atom. The molecule has 0 fully saturated rings. The third-order valence-corrected chi connectivity index (χ3v) is 14.1. The van der Waals surface area contributed by atoms with Crippen LogP contribution in [0.1, 0.15) is 310 Å². The van der Waals surface area contributed by atoms with Crippen LogP contribution < -0.4 is 14.2 Å². The van der Waals surface area contributed by atoms with Crippen LogP contribution in [-0.4, -0.2) is 44.4 Å². The zero-order valence-corrected chi connectivity index (χ0v) is 44.8. The summed E-state index contributed by atoms with van der Waals surface area (Å²) in [5.41, 5.74) is 1.33. The molecule has 0 radical (unpaired) electrons. The number of benzene rings is 1. The number of ether oxygens (including phenoxy) is 3. The second kappa shape index (κ2) is 46.7. The van der Waals surface area contributed by atoms with Crippen molar-refractivity contribution < 1.29 is 18.7 Å². The molecule has 0 bridgehead atoms. The lowest BCUT2D eigenvalue weighted by molar-refractivity contribution is -0.923. The average Bonchev–Trinajstić information content (AvgIpc) is 3.30. The summed E-state index contributed by atoms with van der Waals surface area (Å²) in [5.74, 6) is 2.81. The van der Waals surface area contributed by atoms with Gasteiger partial charge in [0, 0.05) is 0 Å². The molecule has 1 rings (SSSR count). The minimum atomic E-state index is 0.741. The number of rotatable bonds is 52. The van der Waals surface area contributed by atoms with Gasteiger partial charge in [-0.2, -0.15) is 0 Å². The van der Waals surface area contributed by atoms with Crippen LogP contribution in [-0.2, 0) is 6.54 Å². The normalized spacial score (nSPS) is 11.8. The Morgan fingerprint density at radius 1 is 0.297 bits per heavy atom. The lowest BCUT2D eigenvalue weighted by Crippen LogP contribution is -2.45. The van der Waals surface area contributed by atoms with Gasteiger partial charge in [0.15, 0.2) is 11.5 Å². The number of nitrogens with zero attached hydrogens (tertiary/aromatic N) is 1. The lowest BCUT2D eigenvalue weighted by atomic mass is 10.1. The Bertz CT molecular complexity index is 1070. The van der Waals surface area contributed by atoms with E-state index in [-0.39, 0.29) is 0 Å². The molecule has 0 saturated carbocycles. The molecule has 0 aromatic heterocycles. The van der Waals surface area contributed by atoms with Crippen molar-refractivity contribution >= 4 is 0 Å². The third kappa shape index (κ3) is 35.7. The quantitative estimate of drug-likeness (QED) is 0.0482. The Kier molecular flexibility index (Phi) is 44.2. The average molecular weight is 900 g/mol. The minimum Gasteiger partial charge on any atom is -0.490 e. The molecule has 4 nitrogen and oxygen atoms in total. The van der Waals surface area contributed by atoms with Crippen molar-refractivity contribution in [2.75, 3.05) is 40.0 Å². The van der Waals surface area contributed by atoms with Crippen LogP contribution in [0.3, 0.4) is 0 Å². The third-order valence-electron chi connectivity index (χ3n) is 14.1. The molecule has 64 heavy (non-hydrogen) atoms. The molecule has 0 atom stereocenters. The SMILES string of the molecule is CCCCCCCCCCCCOc1ccc(C[N+](C)(CCCCCCCC)CCCCCCCC)c(OCCCCCCCCCCCC)c1OCCCCCCCCCCCC. The molecule has 0 amide bonds. The highest BCUT2D eigenvalue weighted by Crippen LogP contribution is 2.42. The molecule has 0 aliphatic heterocycles. The number of hydrogen-bond donors (Lipinski definition) is 0. The van der Waals surface area contributed by atoms with Crippen LogP contribution in [0.4, 0.5) is 0 Å². The van der Waals surface area contributed by atoms with Gasteiger partial charge in [-0.15, -0.1) is 0 Å². The fraction of sp³-hybridized carbons (Fsp3) is 0.900. The number of hydrogen-bond acceptors (Lipinski definition) is 3. The topological polar surface area (TPSA) is 27.7 Å². The van der Waals surface area contributed by atoms with Gasteiger partial charge < -0.3 is 18.7 Å². The summed E-state index contributed by atoms with van der Waals surface area (Å²) in [6, 6.07) is 4.63. The van der Waals surface area contributed by atoms with Crippen molar-refractivity contribution in [1.29, 1.82) is 0 Å². The van der Waals surface area contributed by atoms with E-state index in [1.807, 2.05) is 0 Å². The van der Waals surface area contributed by atoms with E-state index in [1.54, 1.807) is 0 Å². The van der Waals surface area contributed by atoms with E-state index in [4.69, 9.17) is 14.2 Å². The molecule has 4 heteroatoms. The Morgan fingerprint density at radius 3 is 0.891 bits per heavy atom. The van der Waals surface area contributed by atoms with Crippen molar-refractivity contribution in [2.24, 2.45) is 0 Å². The lowest BCUT2D eigenvalue weighted by Gasteiger charge is -2.36. The first-order chi connectivity index (χ1) is 31.5. The standard InChI is InChI=1S/C60H116NO3/c1-7-12-17-22-27-30-33-36-41-46-53-62-58-50-49-57(56-61(6,51-44-39-25-20-15-10-4)52-45-40-26-21-16-11-5)59(63-54-47-42-37-34-31-28-23-18-13-8-2)60(58)64-55-48-43-38-35-32-29-24-19-14-9-3/h49-50H,7-48,51-56H2,1-6H3/q+1. The zero-order valence-electron chi connectivity index (χ0n) is 44.8. The van der Waals surface area contributed by atoms with Crippen LogP contribution in [0.25, 0.3) is 0 Å². The zero-order chi connectivity index (χ0) is 46.3. The second-order valence-corrected chi connectivity index (χ2v) is 20.7. The maximum Gasteiger partial charge on any atom is 0.204 e. The first-order valence-corrected chi connectivity index (χ1v) is 29.4. The molecule has 0 saturated heterocycles. The van der Waals surface area contributed by atoms with Crippen LogP contribution in [0.15, 0.2) is 12.1 Å². The molecule has 0 unspecified atom stereocenters. The predicted molar refractivity (Wildman–Crippen MR) is 285 cm³/mol.